The SMILES string of the molecule is CCCCCCCCCCCCCCCC[N+](C)(C)Cc1ccccc1.[OH-]. The second-order valence-electron chi connectivity index (χ2n) is 8.90. The molecule has 0 aliphatic rings. The maximum atomic E-state index is 2.37. The Kier molecular flexibility index (Phi) is 16.7. The predicted molar refractivity (Wildman–Crippen MR) is 119 cm³/mol. The average molecular weight is 378 g/mol. The van der Waals surface area contributed by atoms with E-state index in [1.807, 2.05) is 0 Å². The van der Waals surface area contributed by atoms with E-state index in [1.54, 1.807) is 0 Å². The van der Waals surface area contributed by atoms with Crippen molar-refractivity contribution >= 4 is 0 Å². The molecule has 0 atom stereocenters. The van der Waals surface area contributed by atoms with Crippen molar-refractivity contribution in [1.29, 1.82) is 0 Å². The summed E-state index contributed by atoms with van der Waals surface area (Å²) in [5, 5.41) is 0. The molecule has 1 rings (SSSR count). The fraction of sp³-hybridized carbons (Fsp3) is 0.760. The van der Waals surface area contributed by atoms with Gasteiger partial charge in [-0.25, -0.2) is 0 Å². The van der Waals surface area contributed by atoms with Gasteiger partial charge in [-0.1, -0.05) is 114 Å². The van der Waals surface area contributed by atoms with Gasteiger partial charge in [-0.3, -0.25) is 0 Å². The molecule has 0 saturated carbocycles. The second-order valence-corrected chi connectivity index (χ2v) is 8.90. The van der Waals surface area contributed by atoms with Crippen molar-refractivity contribution in [3.8, 4) is 0 Å². The first-order valence-corrected chi connectivity index (χ1v) is 11.5. The molecule has 0 heterocycles. The van der Waals surface area contributed by atoms with Gasteiger partial charge in [0.15, 0.2) is 0 Å². The van der Waals surface area contributed by atoms with Gasteiger partial charge in [0.1, 0.15) is 6.54 Å². The molecule has 2 nitrogen and oxygen atoms in total. The zero-order valence-corrected chi connectivity index (χ0v) is 18.6. The van der Waals surface area contributed by atoms with E-state index < -0.39 is 0 Å². The fourth-order valence-corrected chi connectivity index (χ4v) is 3.89. The van der Waals surface area contributed by atoms with Gasteiger partial charge in [0, 0.05) is 5.56 Å². The number of nitrogens with zero attached hydrogens (tertiary/aromatic N) is 1. The molecule has 0 fully saturated rings. The Morgan fingerprint density at radius 3 is 1.44 bits per heavy atom. The molecule has 0 saturated heterocycles. The van der Waals surface area contributed by atoms with E-state index in [4.69, 9.17) is 0 Å². The van der Waals surface area contributed by atoms with Gasteiger partial charge in [0.25, 0.3) is 0 Å². The van der Waals surface area contributed by atoms with Crippen molar-refractivity contribution in [1.82, 2.24) is 0 Å². The fourth-order valence-electron chi connectivity index (χ4n) is 3.89. The zero-order valence-electron chi connectivity index (χ0n) is 18.6. The first kappa shape index (κ1) is 26.1. The van der Waals surface area contributed by atoms with E-state index in [9.17, 15) is 0 Å². The summed E-state index contributed by atoms with van der Waals surface area (Å²) in [5.74, 6) is 0. The van der Waals surface area contributed by atoms with Crippen LogP contribution in [0.1, 0.15) is 102 Å². The van der Waals surface area contributed by atoms with Crippen molar-refractivity contribution in [2.45, 2.75) is 103 Å². The number of hydrogen-bond acceptors (Lipinski definition) is 1. The minimum Gasteiger partial charge on any atom is -0.870 e. The van der Waals surface area contributed by atoms with Crippen LogP contribution < -0.4 is 0 Å². The van der Waals surface area contributed by atoms with E-state index in [2.05, 4.69) is 51.4 Å². The number of benzene rings is 1. The number of hydrogen-bond donors (Lipinski definition) is 0. The van der Waals surface area contributed by atoms with E-state index in [0.717, 1.165) is 11.0 Å². The van der Waals surface area contributed by atoms with Crippen molar-refractivity contribution in [3.05, 3.63) is 35.9 Å². The first-order valence-electron chi connectivity index (χ1n) is 11.5. The summed E-state index contributed by atoms with van der Waals surface area (Å²) in [6.07, 6.45) is 20.2. The highest BCUT2D eigenvalue weighted by atomic mass is 16.0. The minimum atomic E-state index is 0. The van der Waals surface area contributed by atoms with Crippen molar-refractivity contribution in [2.75, 3.05) is 20.6 Å². The van der Waals surface area contributed by atoms with Gasteiger partial charge < -0.3 is 9.96 Å². The molecule has 0 aliphatic carbocycles. The van der Waals surface area contributed by atoms with Crippen LogP contribution in [0.3, 0.4) is 0 Å². The number of unbranched alkanes of at least 4 members (excludes halogenated alkanes) is 13. The van der Waals surface area contributed by atoms with E-state index in [1.165, 1.54) is 102 Å². The maximum absolute atomic E-state index is 2.37. The molecule has 0 amide bonds. The standard InChI is InChI=1S/C25H46N.H2O/c1-4-5-6-7-8-9-10-11-12-13-14-15-16-20-23-26(2,3)24-25-21-18-17-19-22-25;/h17-19,21-22H,4-16,20,23-24H2,1-3H3;1H2/q+1;/p-1. The Labute approximate surface area is 170 Å². The third kappa shape index (κ3) is 15.9. The van der Waals surface area contributed by atoms with Crippen LogP contribution in [-0.2, 0) is 6.54 Å². The molecule has 27 heavy (non-hydrogen) atoms. The number of rotatable bonds is 17. The van der Waals surface area contributed by atoms with Crippen LogP contribution in [-0.4, -0.2) is 30.6 Å². The highest BCUT2D eigenvalue weighted by Gasteiger charge is 2.14. The zero-order chi connectivity index (χ0) is 18.9. The molecule has 0 spiro atoms. The van der Waals surface area contributed by atoms with Crippen LogP contribution in [0.2, 0.25) is 0 Å². The Balaban J connectivity index is 0.00000676. The quantitative estimate of drug-likeness (QED) is 0.203. The lowest BCUT2D eigenvalue weighted by molar-refractivity contribution is -0.903. The summed E-state index contributed by atoms with van der Waals surface area (Å²) in [6, 6.07) is 10.9. The summed E-state index contributed by atoms with van der Waals surface area (Å²) in [5.41, 5.74) is 1.46. The molecule has 1 aromatic carbocycles. The average Bonchev–Trinajstić information content (AvgIpc) is 2.62. The van der Waals surface area contributed by atoms with E-state index in [0.29, 0.717) is 0 Å². The monoisotopic (exact) mass is 377 g/mol. The molecule has 0 radical (unpaired) electrons. The van der Waals surface area contributed by atoms with Gasteiger partial charge in [-0.15, -0.1) is 0 Å². The lowest BCUT2D eigenvalue weighted by Crippen LogP contribution is -2.39. The smallest absolute Gasteiger partial charge is 0.104 e. The molecule has 0 bridgehead atoms. The minimum absolute atomic E-state index is 0. The normalized spacial score (nSPS) is 11.4. The van der Waals surface area contributed by atoms with Crippen LogP contribution >= 0.6 is 0 Å². The molecular weight excluding hydrogens is 330 g/mol. The summed E-state index contributed by atoms with van der Waals surface area (Å²) < 4.78 is 1.11. The molecule has 0 unspecified atom stereocenters. The van der Waals surface area contributed by atoms with Crippen molar-refractivity contribution < 1.29 is 9.96 Å². The largest absolute Gasteiger partial charge is 0.870 e. The van der Waals surface area contributed by atoms with Crippen molar-refractivity contribution in [2.24, 2.45) is 0 Å². The number of quaternary nitrogens is 1. The van der Waals surface area contributed by atoms with Gasteiger partial charge in [-0.2, -0.15) is 0 Å². The highest BCUT2D eigenvalue weighted by Crippen LogP contribution is 2.14. The Bertz CT molecular complexity index is 416. The predicted octanol–water partition coefficient (Wildman–Crippen LogP) is 7.57. The Hall–Kier alpha value is -0.860. The lowest BCUT2D eigenvalue weighted by Gasteiger charge is -2.30. The van der Waals surface area contributed by atoms with Gasteiger partial charge in [-0.05, 0) is 12.8 Å². The van der Waals surface area contributed by atoms with Gasteiger partial charge in [0.05, 0.1) is 20.6 Å². The van der Waals surface area contributed by atoms with E-state index >= 15 is 0 Å². The summed E-state index contributed by atoms with van der Waals surface area (Å²) in [7, 11) is 4.74. The molecule has 0 aromatic heterocycles. The second kappa shape index (κ2) is 17.3. The Morgan fingerprint density at radius 1 is 0.593 bits per heavy atom. The van der Waals surface area contributed by atoms with Crippen LogP contribution in [0.5, 0.6) is 0 Å². The van der Waals surface area contributed by atoms with E-state index in [-0.39, 0.29) is 5.48 Å². The highest BCUT2D eigenvalue weighted by molar-refractivity contribution is 5.13. The molecule has 0 aliphatic heterocycles. The summed E-state index contributed by atoms with van der Waals surface area (Å²) >= 11 is 0. The molecule has 2 heteroatoms. The van der Waals surface area contributed by atoms with Crippen molar-refractivity contribution in [3.63, 3.8) is 0 Å². The lowest BCUT2D eigenvalue weighted by atomic mass is 10.0. The molecule has 1 aromatic rings. The van der Waals surface area contributed by atoms with Crippen LogP contribution in [0.15, 0.2) is 30.3 Å². The van der Waals surface area contributed by atoms with Gasteiger partial charge in [0.2, 0.25) is 0 Å². The first-order chi connectivity index (χ1) is 12.6. The third-order valence-corrected chi connectivity index (χ3v) is 5.57. The Morgan fingerprint density at radius 2 is 1.00 bits per heavy atom. The summed E-state index contributed by atoms with van der Waals surface area (Å²) in [6.45, 7) is 4.75. The van der Waals surface area contributed by atoms with Crippen LogP contribution in [0.25, 0.3) is 0 Å². The topological polar surface area (TPSA) is 30.0 Å². The summed E-state index contributed by atoms with van der Waals surface area (Å²) in [4.78, 5) is 0. The maximum Gasteiger partial charge on any atom is 0.104 e. The third-order valence-electron chi connectivity index (χ3n) is 5.57. The molecular formula is C25H47NO. The molecule has 1 N–H and O–H groups in total. The van der Waals surface area contributed by atoms with Gasteiger partial charge >= 0.3 is 0 Å². The molecule has 158 valence electrons. The van der Waals surface area contributed by atoms with Crippen LogP contribution in [0, 0.1) is 0 Å². The van der Waals surface area contributed by atoms with Crippen LogP contribution in [0.4, 0.5) is 0 Å².